The molecule has 0 heterocycles. The zero-order valence-electron chi connectivity index (χ0n) is 12.5. The average Bonchev–Trinajstić information content (AvgIpc) is 2.48. The average molecular weight is 384 g/mol. The Labute approximate surface area is 139 Å². The van der Waals surface area contributed by atoms with Crippen LogP contribution < -0.4 is 9.46 Å². The first-order valence-electron chi connectivity index (χ1n) is 6.84. The monoisotopic (exact) mass is 383 g/mol. The fourth-order valence-electron chi connectivity index (χ4n) is 1.86. The summed E-state index contributed by atoms with van der Waals surface area (Å²) in [6.45, 7) is 4.30. The molecular weight excluding hydrogens is 366 g/mol. The second kappa shape index (κ2) is 7.26. The minimum Gasteiger partial charge on any atom is -0.491 e. The molecule has 0 saturated heterocycles. The molecule has 0 spiro atoms. The van der Waals surface area contributed by atoms with Crippen LogP contribution in [0.15, 0.2) is 51.8 Å². The molecule has 0 aliphatic carbocycles. The zero-order valence-corrected chi connectivity index (χ0v) is 14.9. The van der Waals surface area contributed by atoms with Gasteiger partial charge in [0.05, 0.1) is 9.37 Å². The molecule has 0 aromatic heterocycles. The molecule has 0 amide bonds. The van der Waals surface area contributed by atoms with Crippen molar-refractivity contribution in [1.29, 1.82) is 0 Å². The van der Waals surface area contributed by atoms with Crippen molar-refractivity contribution < 1.29 is 13.2 Å². The van der Waals surface area contributed by atoms with Gasteiger partial charge in [-0.25, -0.2) is 13.1 Å². The van der Waals surface area contributed by atoms with E-state index in [-0.39, 0.29) is 18.0 Å². The molecule has 0 bridgehead atoms. The van der Waals surface area contributed by atoms with E-state index < -0.39 is 10.0 Å². The molecule has 1 N–H and O–H groups in total. The molecule has 0 aliphatic heterocycles. The van der Waals surface area contributed by atoms with E-state index in [2.05, 4.69) is 20.7 Å². The molecule has 0 unspecified atom stereocenters. The maximum atomic E-state index is 12.2. The predicted octanol–water partition coefficient (Wildman–Crippen LogP) is 3.42. The highest BCUT2D eigenvalue weighted by Gasteiger charge is 2.14. The van der Waals surface area contributed by atoms with E-state index in [9.17, 15) is 8.42 Å². The Morgan fingerprint density at radius 1 is 1.09 bits per heavy atom. The third-order valence-corrected chi connectivity index (χ3v) is 5.39. The van der Waals surface area contributed by atoms with Crippen molar-refractivity contribution in [2.24, 2.45) is 0 Å². The van der Waals surface area contributed by atoms with Crippen LogP contribution in [0.4, 0.5) is 0 Å². The number of sulfonamides is 1. The zero-order chi connectivity index (χ0) is 16.2. The van der Waals surface area contributed by atoms with Gasteiger partial charge in [-0.1, -0.05) is 18.2 Å². The van der Waals surface area contributed by atoms with Gasteiger partial charge in [0.2, 0.25) is 10.0 Å². The van der Waals surface area contributed by atoms with Gasteiger partial charge in [0.15, 0.2) is 0 Å². The third-order valence-electron chi connectivity index (χ3n) is 3.28. The van der Waals surface area contributed by atoms with Crippen LogP contribution in [-0.2, 0) is 10.0 Å². The molecule has 0 radical (unpaired) electrons. The molecule has 118 valence electrons. The van der Waals surface area contributed by atoms with Crippen molar-refractivity contribution in [2.75, 3.05) is 13.2 Å². The summed E-state index contributed by atoms with van der Waals surface area (Å²) in [4.78, 5) is 0.275. The Balaban J connectivity index is 1.93. The van der Waals surface area contributed by atoms with E-state index >= 15 is 0 Å². The number of halogens is 1. The van der Waals surface area contributed by atoms with Crippen molar-refractivity contribution in [3.63, 3.8) is 0 Å². The molecule has 2 aromatic rings. The summed E-state index contributed by atoms with van der Waals surface area (Å²) < 4.78 is 33.3. The number of hydrogen-bond donors (Lipinski definition) is 1. The molecule has 0 fully saturated rings. The summed E-state index contributed by atoms with van der Waals surface area (Å²) >= 11 is 3.38. The number of rotatable bonds is 6. The van der Waals surface area contributed by atoms with Crippen molar-refractivity contribution in [2.45, 2.75) is 18.7 Å². The standard InChI is InChI=1S/C16H18BrNO3S/c1-12-7-8-14(11-13(12)2)22(19,20)18-9-10-21-16-6-4-3-5-15(16)17/h3-8,11,18H,9-10H2,1-2H3. The number of aryl methyl sites for hydroxylation is 2. The summed E-state index contributed by atoms with van der Waals surface area (Å²) in [6, 6.07) is 12.5. The number of nitrogens with one attached hydrogen (secondary N) is 1. The Morgan fingerprint density at radius 3 is 2.50 bits per heavy atom. The smallest absolute Gasteiger partial charge is 0.240 e. The Bertz CT molecular complexity index is 760. The van der Waals surface area contributed by atoms with Gasteiger partial charge in [-0.05, 0) is 65.2 Å². The third kappa shape index (κ3) is 4.32. The summed E-state index contributed by atoms with van der Waals surface area (Å²) in [7, 11) is -3.51. The fraction of sp³-hybridized carbons (Fsp3) is 0.250. The van der Waals surface area contributed by atoms with Crippen LogP contribution in [0.1, 0.15) is 11.1 Å². The first-order valence-corrected chi connectivity index (χ1v) is 9.12. The van der Waals surface area contributed by atoms with Crippen molar-refractivity contribution in [3.05, 3.63) is 58.1 Å². The maximum absolute atomic E-state index is 12.2. The quantitative estimate of drug-likeness (QED) is 0.777. The largest absolute Gasteiger partial charge is 0.491 e. The van der Waals surface area contributed by atoms with Gasteiger partial charge in [-0.2, -0.15) is 0 Å². The van der Waals surface area contributed by atoms with Gasteiger partial charge >= 0.3 is 0 Å². The van der Waals surface area contributed by atoms with Gasteiger partial charge in [-0.15, -0.1) is 0 Å². The summed E-state index contributed by atoms with van der Waals surface area (Å²) in [6.07, 6.45) is 0. The van der Waals surface area contributed by atoms with E-state index in [1.165, 1.54) is 0 Å². The lowest BCUT2D eigenvalue weighted by atomic mass is 10.1. The van der Waals surface area contributed by atoms with E-state index in [4.69, 9.17) is 4.74 Å². The van der Waals surface area contributed by atoms with Crippen molar-refractivity contribution >= 4 is 26.0 Å². The van der Waals surface area contributed by atoms with E-state index in [1.54, 1.807) is 12.1 Å². The van der Waals surface area contributed by atoms with Gasteiger partial charge in [0.25, 0.3) is 0 Å². The molecule has 4 nitrogen and oxygen atoms in total. The van der Waals surface area contributed by atoms with Crippen molar-refractivity contribution in [3.8, 4) is 5.75 Å². The fourth-order valence-corrected chi connectivity index (χ4v) is 3.36. The second-order valence-corrected chi connectivity index (χ2v) is 7.54. The van der Waals surface area contributed by atoms with Gasteiger partial charge in [0.1, 0.15) is 12.4 Å². The normalized spacial score (nSPS) is 11.4. The summed E-state index contributed by atoms with van der Waals surface area (Å²) in [5.41, 5.74) is 2.02. The van der Waals surface area contributed by atoms with Crippen LogP contribution in [0.2, 0.25) is 0 Å². The molecule has 6 heteroatoms. The number of para-hydroxylation sites is 1. The molecule has 0 saturated carbocycles. The van der Waals surface area contributed by atoms with Gasteiger partial charge in [-0.3, -0.25) is 0 Å². The van der Waals surface area contributed by atoms with E-state index in [0.717, 1.165) is 15.6 Å². The highest BCUT2D eigenvalue weighted by molar-refractivity contribution is 9.10. The Kier molecular flexibility index (Phi) is 5.61. The van der Waals surface area contributed by atoms with Gasteiger partial charge in [0, 0.05) is 6.54 Å². The van der Waals surface area contributed by atoms with Crippen LogP contribution in [0.25, 0.3) is 0 Å². The van der Waals surface area contributed by atoms with Crippen LogP contribution in [0.3, 0.4) is 0 Å². The molecule has 0 aliphatic rings. The number of ether oxygens (including phenoxy) is 1. The second-order valence-electron chi connectivity index (χ2n) is 4.92. The lowest BCUT2D eigenvalue weighted by molar-refractivity contribution is 0.321. The minimum absolute atomic E-state index is 0.205. The number of benzene rings is 2. The highest BCUT2D eigenvalue weighted by Crippen LogP contribution is 2.23. The summed E-state index contributed by atoms with van der Waals surface area (Å²) in [5, 5.41) is 0. The summed E-state index contributed by atoms with van der Waals surface area (Å²) in [5.74, 6) is 0.688. The van der Waals surface area contributed by atoms with Crippen LogP contribution in [0, 0.1) is 13.8 Å². The Morgan fingerprint density at radius 2 is 1.82 bits per heavy atom. The highest BCUT2D eigenvalue weighted by atomic mass is 79.9. The lowest BCUT2D eigenvalue weighted by Crippen LogP contribution is -2.28. The maximum Gasteiger partial charge on any atom is 0.240 e. The van der Waals surface area contributed by atoms with Crippen LogP contribution in [0.5, 0.6) is 5.75 Å². The van der Waals surface area contributed by atoms with Gasteiger partial charge < -0.3 is 4.74 Å². The predicted molar refractivity (Wildman–Crippen MR) is 90.7 cm³/mol. The SMILES string of the molecule is Cc1ccc(S(=O)(=O)NCCOc2ccccc2Br)cc1C. The molecule has 22 heavy (non-hydrogen) atoms. The number of hydrogen-bond acceptors (Lipinski definition) is 3. The Hall–Kier alpha value is -1.37. The minimum atomic E-state index is -3.51. The topological polar surface area (TPSA) is 55.4 Å². The van der Waals surface area contributed by atoms with Crippen LogP contribution in [-0.4, -0.2) is 21.6 Å². The molecule has 2 rings (SSSR count). The first-order chi connectivity index (χ1) is 10.4. The molecule has 2 aromatic carbocycles. The van der Waals surface area contributed by atoms with E-state index in [1.807, 2.05) is 44.2 Å². The van der Waals surface area contributed by atoms with Crippen LogP contribution >= 0.6 is 15.9 Å². The first kappa shape index (κ1) is 17.0. The lowest BCUT2D eigenvalue weighted by Gasteiger charge is -2.10. The van der Waals surface area contributed by atoms with Crippen molar-refractivity contribution in [1.82, 2.24) is 4.72 Å². The molecule has 0 atom stereocenters. The molecular formula is C16H18BrNO3S. The van der Waals surface area contributed by atoms with E-state index in [0.29, 0.717) is 5.75 Å².